The van der Waals surface area contributed by atoms with E-state index < -0.39 is 0 Å². The molecule has 0 fully saturated rings. The first-order chi connectivity index (χ1) is 22.1. The molecule has 0 atom stereocenters. The molecule has 7 aromatic carbocycles. The molecule has 1 aliphatic carbocycles. The van der Waals surface area contributed by atoms with E-state index in [0.29, 0.717) is 0 Å². The van der Waals surface area contributed by atoms with Crippen LogP contribution in [-0.2, 0) is 5.41 Å². The zero-order valence-electron chi connectivity index (χ0n) is 25.3. The van der Waals surface area contributed by atoms with Gasteiger partial charge in [0, 0.05) is 0 Å². The molecule has 0 amide bonds. The average Bonchev–Trinajstić information content (AvgIpc) is 3.59. The SMILES string of the molecule is CC1(C)c2ccccc2-c2c(N(c3ccc(-c4ccccc4)cc3)c3ccc4ccc5c6ccccc6[se]c5c4c3)cccc21. The fourth-order valence-electron chi connectivity index (χ4n) is 7.41. The summed E-state index contributed by atoms with van der Waals surface area (Å²) in [4.78, 5) is 2.49. The molecule has 2 heteroatoms. The van der Waals surface area contributed by atoms with Crippen molar-refractivity contribution in [2.45, 2.75) is 19.3 Å². The molecule has 0 bridgehead atoms. The Kier molecular flexibility index (Phi) is 5.94. The van der Waals surface area contributed by atoms with Gasteiger partial charge in [-0.2, -0.15) is 0 Å². The van der Waals surface area contributed by atoms with Crippen molar-refractivity contribution in [2.24, 2.45) is 0 Å². The van der Waals surface area contributed by atoms with Crippen molar-refractivity contribution < 1.29 is 0 Å². The van der Waals surface area contributed by atoms with Gasteiger partial charge in [-0.1, -0.05) is 6.07 Å². The Morgan fingerprint density at radius 2 is 1.20 bits per heavy atom. The van der Waals surface area contributed by atoms with Crippen LogP contribution in [0.25, 0.3) is 52.3 Å². The topological polar surface area (TPSA) is 3.24 Å². The van der Waals surface area contributed by atoms with Crippen molar-refractivity contribution in [2.75, 3.05) is 4.90 Å². The Morgan fingerprint density at radius 3 is 2.07 bits per heavy atom. The Balaban J connectivity index is 1.30. The summed E-state index contributed by atoms with van der Waals surface area (Å²) >= 11 is 0.281. The van der Waals surface area contributed by atoms with Crippen LogP contribution in [0.3, 0.4) is 0 Å². The monoisotopic (exact) mass is 641 g/mol. The van der Waals surface area contributed by atoms with Gasteiger partial charge >= 0.3 is 265 Å². The maximum atomic E-state index is 2.49. The molecule has 0 radical (unpaired) electrons. The van der Waals surface area contributed by atoms with Gasteiger partial charge < -0.3 is 0 Å². The second-order valence-corrected chi connectivity index (χ2v) is 14.8. The van der Waals surface area contributed by atoms with Gasteiger partial charge in [-0.15, -0.1) is 0 Å². The quantitative estimate of drug-likeness (QED) is 0.173. The predicted octanol–water partition coefficient (Wildman–Crippen LogP) is 11.6. The predicted molar refractivity (Wildman–Crippen MR) is 194 cm³/mol. The van der Waals surface area contributed by atoms with Crippen LogP contribution in [0.4, 0.5) is 17.1 Å². The molecule has 0 N–H and O–H groups in total. The van der Waals surface area contributed by atoms with Crippen LogP contribution in [-0.4, -0.2) is 14.5 Å². The van der Waals surface area contributed by atoms with E-state index in [4.69, 9.17) is 0 Å². The van der Waals surface area contributed by atoms with Gasteiger partial charge in [0.2, 0.25) is 0 Å². The molecule has 1 heterocycles. The fraction of sp³-hybridized carbons (Fsp3) is 0.0698. The molecule has 45 heavy (non-hydrogen) atoms. The third-order valence-electron chi connectivity index (χ3n) is 9.66. The van der Waals surface area contributed by atoms with Crippen molar-refractivity contribution >= 4 is 61.6 Å². The molecule has 1 aromatic heterocycles. The van der Waals surface area contributed by atoms with Crippen molar-refractivity contribution in [3.63, 3.8) is 0 Å². The summed E-state index contributed by atoms with van der Waals surface area (Å²) in [6.07, 6.45) is 0. The Labute approximate surface area is 269 Å². The van der Waals surface area contributed by atoms with E-state index in [1.54, 1.807) is 0 Å². The van der Waals surface area contributed by atoms with Gasteiger partial charge in [0.15, 0.2) is 0 Å². The minimum atomic E-state index is -0.0662. The summed E-state index contributed by atoms with van der Waals surface area (Å²) in [6, 6.07) is 56.2. The molecule has 0 aliphatic heterocycles. The van der Waals surface area contributed by atoms with Crippen LogP contribution in [0.2, 0.25) is 0 Å². The molecule has 8 aromatic rings. The summed E-state index contributed by atoms with van der Waals surface area (Å²) in [7, 11) is 0. The van der Waals surface area contributed by atoms with E-state index in [2.05, 4.69) is 170 Å². The van der Waals surface area contributed by atoms with E-state index in [1.807, 2.05) is 0 Å². The van der Waals surface area contributed by atoms with Gasteiger partial charge in [-0.3, -0.25) is 0 Å². The summed E-state index contributed by atoms with van der Waals surface area (Å²) in [5.74, 6) is 0. The molecular weight excluding hydrogens is 609 g/mol. The van der Waals surface area contributed by atoms with E-state index in [-0.39, 0.29) is 19.9 Å². The first kappa shape index (κ1) is 26.5. The molecule has 0 spiro atoms. The second-order valence-electron chi connectivity index (χ2n) is 12.6. The zero-order chi connectivity index (χ0) is 30.1. The van der Waals surface area contributed by atoms with Crippen molar-refractivity contribution in [3.05, 3.63) is 163 Å². The van der Waals surface area contributed by atoms with Crippen LogP contribution in [0, 0.1) is 0 Å². The van der Waals surface area contributed by atoms with Gasteiger partial charge in [0.1, 0.15) is 0 Å². The molecule has 0 unspecified atom stereocenters. The van der Waals surface area contributed by atoms with Crippen molar-refractivity contribution in [1.82, 2.24) is 0 Å². The number of fused-ring (bicyclic) bond motifs is 8. The standard InChI is InChI=1S/C43H31NSe/c1-43(2)37-15-8-6-14-35(37)41-38(43)16-10-17-39(41)44(31-23-19-29(20-24-31)28-11-4-3-5-12-28)32-25-21-30-22-26-34-33-13-7-9-18-40(33)45-42(34)36(30)27-32/h3-27H,1-2H3. The minimum absolute atomic E-state index is 0.0662. The Bertz CT molecular complexity index is 2400. The van der Waals surface area contributed by atoms with E-state index >= 15 is 0 Å². The molecule has 1 nitrogen and oxygen atoms in total. The third kappa shape index (κ3) is 4.07. The van der Waals surface area contributed by atoms with Gasteiger partial charge in [0.05, 0.1) is 0 Å². The number of hydrogen-bond donors (Lipinski definition) is 0. The van der Waals surface area contributed by atoms with Crippen LogP contribution >= 0.6 is 0 Å². The molecule has 9 rings (SSSR count). The van der Waals surface area contributed by atoms with Gasteiger partial charge in [-0.05, 0) is 0 Å². The first-order valence-corrected chi connectivity index (χ1v) is 17.3. The molecule has 0 saturated carbocycles. The maximum absolute atomic E-state index is 2.49. The van der Waals surface area contributed by atoms with Crippen LogP contribution in [0.5, 0.6) is 0 Å². The fourth-order valence-corrected chi connectivity index (χ4v) is 9.99. The Morgan fingerprint density at radius 1 is 0.511 bits per heavy atom. The summed E-state index contributed by atoms with van der Waals surface area (Å²) in [5.41, 5.74) is 11.4. The summed E-state index contributed by atoms with van der Waals surface area (Å²) in [5, 5.41) is 5.45. The third-order valence-corrected chi connectivity index (χ3v) is 12.2. The number of benzene rings is 7. The molecule has 214 valence electrons. The van der Waals surface area contributed by atoms with Crippen LogP contribution < -0.4 is 4.90 Å². The first-order valence-electron chi connectivity index (χ1n) is 15.6. The van der Waals surface area contributed by atoms with E-state index in [9.17, 15) is 0 Å². The number of nitrogens with zero attached hydrogens (tertiary/aromatic N) is 1. The van der Waals surface area contributed by atoms with Crippen LogP contribution in [0.15, 0.2) is 152 Å². The average molecular weight is 641 g/mol. The van der Waals surface area contributed by atoms with Gasteiger partial charge in [-0.25, -0.2) is 0 Å². The second kappa shape index (κ2) is 10.1. The van der Waals surface area contributed by atoms with Gasteiger partial charge in [0.25, 0.3) is 0 Å². The summed E-state index contributed by atoms with van der Waals surface area (Å²) in [6.45, 7) is 4.72. The van der Waals surface area contributed by atoms with E-state index in [0.717, 1.165) is 5.69 Å². The van der Waals surface area contributed by atoms with E-state index in [1.165, 1.54) is 74.8 Å². The van der Waals surface area contributed by atoms with Crippen molar-refractivity contribution in [1.29, 1.82) is 0 Å². The van der Waals surface area contributed by atoms with Crippen LogP contribution in [0.1, 0.15) is 25.0 Å². The number of hydrogen-bond acceptors (Lipinski definition) is 1. The molecular formula is C43H31NSe. The normalized spacial score (nSPS) is 13.3. The van der Waals surface area contributed by atoms with Crippen molar-refractivity contribution in [3.8, 4) is 22.3 Å². The number of rotatable bonds is 4. The molecule has 0 saturated heterocycles. The zero-order valence-corrected chi connectivity index (χ0v) is 27.0. The Hall–Kier alpha value is -4.88. The number of anilines is 3. The molecule has 1 aliphatic rings. The summed E-state index contributed by atoms with van der Waals surface area (Å²) < 4.78 is 2.97.